The van der Waals surface area contributed by atoms with Gasteiger partial charge in [0.2, 0.25) is 0 Å². The van der Waals surface area contributed by atoms with Crippen molar-refractivity contribution in [1.29, 1.82) is 0 Å². The zero-order chi connectivity index (χ0) is 22.1. The molecule has 31 heavy (non-hydrogen) atoms. The van der Waals surface area contributed by atoms with Gasteiger partial charge in [-0.2, -0.15) is 13.2 Å². The fourth-order valence-corrected chi connectivity index (χ4v) is 5.55. The van der Waals surface area contributed by atoms with Crippen molar-refractivity contribution in [1.82, 2.24) is 9.88 Å². The molecule has 0 bridgehead atoms. The van der Waals surface area contributed by atoms with Gasteiger partial charge in [0, 0.05) is 40.8 Å². The minimum absolute atomic E-state index is 0.0122. The first-order valence-electron chi connectivity index (χ1n) is 11.0. The molecule has 0 atom stereocenters. The minimum atomic E-state index is -4.32. The monoisotopic (exact) mass is 451 g/mol. The summed E-state index contributed by atoms with van der Waals surface area (Å²) >= 11 is 6.22. The second-order valence-corrected chi connectivity index (χ2v) is 9.44. The Balaban J connectivity index is 1.35. The molecule has 168 valence electrons. The van der Waals surface area contributed by atoms with E-state index < -0.39 is 11.7 Å². The van der Waals surface area contributed by atoms with Crippen LogP contribution in [0.2, 0.25) is 5.02 Å². The fraction of sp³-hybridized carbons (Fsp3) is 0.542. The first kappa shape index (κ1) is 22.6. The molecule has 2 aromatic rings. The minimum Gasteiger partial charge on any atom is -0.330 e. The molecular formula is C24H29ClF3N3. The van der Waals surface area contributed by atoms with Crippen LogP contribution in [0, 0.1) is 0 Å². The summed E-state index contributed by atoms with van der Waals surface area (Å²) in [6.45, 7) is 2.42. The van der Waals surface area contributed by atoms with Crippen LogP contribution in [0.3, 0.4) is 0 Å². The number of pyridine rings is 1. The molecule has 2 heterocycles. The largest absolute Gasteiger partial charge is 0.416 e. The summed E-state index contributed by atoms with van der Waals surface area (Å²) in [4.78, 5) is 6.76. The standard InChI is InChI=1S/C24H29ClF3N3/c25-20-3-1-2-18(14-20)23(16-29)9-4-21(5-10-23)31-12-7-17(8-13-31)22-15-19(6-11-30-22)24(26,27)28/h1-3,6,11,14-15,17,21H,4-5,7-10,12-13,16,29H2. The summed E-state index contributed by atoms with van der Waals surface area (Å²) < 4.78 is 39.1. The number of piperidine rings is 1. The van der Waals surface area contributed by atoms with E-state index in [-0.39, 0.29) is 11.3 Å². The number of nitrogens with two attached hydrogens (primary N) is 1. The Morgan fingerprint density at radius 1 is 1.06 bits per heavy atom. The molecular weight excluding hydrogens is 423 g/mol. The predicted octanol–water partition coefficient (Wildman–Crippen LogP) is 5.77. The SMILES string of the molecule is NCC1(c2cccc(Cl)c2)CCC(N2CCC(c3cc(C(F)(F)F)ccn3)CC2)CC1. The number of benzene rings is 1. The Hall–Kier alpha value is -1.63. The Kier molecular flexibility index (Phi) is 6.61. The van der Waals surface area contributed by atoms with Crippen molar-refractivity contribution in [3.8, 4) is 0 Å². The number of likely N-dealkylation sites (tertiary alicyclic amines) is 1. The number of alkyl halides is 3. The summed E-state index contributed by atoms with van der Waals surface area (Å²) in [6.07, 6.45) is 2.88. The summed E-state index contributed by atoms with van der Waals surface area (Å²) in [5.41, 5.74) is 7.41. The molecule has 0 spiro atoms. The van der Waals surface area contributed by atoms with Crippen molar-refractivity contribution in [2.24, 2.45) is 5.73 Å². The van der Waals surface area contributed by atoms with Crippen LogP contribution in [0.5, 0.6) is 0 Å². The van der Waals surface area contributed by atoms with Crippen LogP contribution in [-0.2, 0) is 11.6 Å². The third-order valence-corrected chi connectivity index (χ3v) is 7.55. The van der Waals surface area contributed by atoms with Crippen LogP contribution in [-0.4, -0.2) is 35.6 Å². The molecule has 1 aromatic heterocycles. The van der Waals surface area contributed by atoms with Crippen molar-refractivity contribution in [2.75, 3.05) is 19.6 Å². The lowest BCUT2D eigenvalue weighted by Gasteiger charge is -2.45. The number of hydrogen-bond acceptors (Lipinski definition) is 3. The molecule has 0 radical (unpaired) electrons. The predicted molar refractivity (Wildman–Crippen MR) is 117 cm³/mol. The average molecular weight is 452 g/mol. The van der Waals surface area contributed by atoms with E-state index in [9.17, 15) is 13.2 Å². The first-order valence-corrected chi connectivity index (χ1v) is 11.4. The number of halogens is 4. The van der Waals surface area contributed by atoms with Crippen LogP contribution >= 0.6 is 11.6 Å². The molecule has 4 rings (SSSR count). The Bertz CT molecular complexity index is 886. The highest BCUT2D eigenvalue weighted by atomic mass is 35.5. The van der Waals surface area contributed by atoms with Gasteiger partial charge in [0.25, 0.3) is 0 Å². The van der Waals surface area contributed by atoms with Crippen LogP contribution in [0.1, 0.15) is 61.3 Å². The summed E-state index contributed by atoms with van der Waals surface area (Å²) in [5, 5.41) is 0.748. The van der Waals surface area contributed by atoms with Crippen LogP contribution in [0.4, 0.5) is 13.2 Å². The Morgan fingerprint density at radius 3 is 2.39 bits per heavy atom. The van der Waals surface area contributed by atoms with Crippen molar-refractivity contribution >= 4 is 11.6 Å². The highest BCUT2D eigenvalue weighted by molar-refractivity contribution is 6.30. The van der Waals surface area contributed by atoms with E-state index in [1.54, 1.807) is 0 Å². The second-order valence-electron chi connectivity index (χ2n) is 9.00. The van der Waals surface area contributed by atoms with Gasteiger partial charge in [0.15, 0.2) is 0 Å². The molecule has 1 saturated carbocycles. The van der Waals surface area contributed by atoms with Gasteiger partial charge in [-0.1, -0.05) is 23.7 Å². The van der Waals surface area contributed by atoms with Gasteiger partial charge in [0.05, 0.1) is 5.56 Å². The normalized spacial score (nSPS) is 26.2. The maximum absolute atomic E-state index is 13.0. The quantitative estimate of drug-likeness (QED) is 0.641. The number of hydrogen-bond donors (Lipinski definition) is 1. The first-order chi connectivity index (χ1) is 14.8. The van der Waals surface area contributed by atoms with Gasteiger partial charge >= 0.3 is 6.18 Å². The van der Waals surface area contributed by atoms with Gasteiger partial charge in [0.1, 0.15) is 0 Å². The molecule has 2 N–H and O–H groups in total. The van der Waals surface area contributed by atoms with Crippen molar-refractivity contribution in [2.45, 2.75) is 62.1 Å². The third-order valence-electron chi connectivity index (χ3n) is 7.31. The third kappa shape index (κ3) is 4.91. The molecule has 0 amide bonds. The van der Waals surface area contributed by atoms with Crippen LogP contribution in [0.25, 0.3) is 0 Å². The highest BCUT2D eigenvalue weighted by Crippen LogP contribution is 2.42. The van der Waals surface area contributed by atoms with Crippen molar-refractivity contribution in [3.63, 3.8) is 0 Å². The Labute approximate surface area is 186 Å². The van der Waals surface area contributed by atoms with E-state index in [1.165, 1.54) is 17.8 Å². The topological polar surface area (TPSA) is 42.1 Å². The summed E-state index contributed by atoms with van der Waals surface area (Å²) in [6, 6.07) is 10.8. The van der Waals surface area contributed by atoms with E-state index >= 15 is 0 Å². The zero-order valence-electron chi connectivity index (χ0n) is 17.5. The van der Waals surface area contributed by atoms with Crippen molar-refractivity contribution < 1.29 is 13.2 Å². The molecule has 1 saturated heterocycles. The van der Waals surface area contributed by atoms with Crippen molar-refractivity contribution in [3.05, 3.63) is 64.4 Å². The van der Waals surface area contributed by atoms with Gasteiger partial charge < -0.3 is 10.6 Å². The van der Waals surface area contributed by atoms with Gasteiger partial charge in [-0.25, -0.2) is 0 Å². The van der Waals surface area contributed by atoms with Gasteiger partial charge in [-0.15, -0.1) is 0 Å². The van der Waals surface area contributed by atoms with E-state index in [4.69, 9.17) is 17.3 Å². The van der Waals surface area contributed by atoms with Gasteiger partial charge in [-0.05, 0) is 81.4 Å². The maximum Gasteiger partial charge on any atom is 0.416 e. The lowest BCUT2D eigenvalue weighted by atomic mass is 9.68. The second kappa shape index (κ2) is 9.08. The lowest BCUT2D eigenvalue weighted by Crippen LogP contribution is -2.47. The zero-order valence-corrected chi connectivity index (χ0v) is 18.3. The summed E-state index contributed by atoms with van der Waals surface area (Å²) in [7, 11) is 0. The fourth-order valence-electron chi connectivity index (χ4n) is 5.36. The molecule has 2 fully saturated rings. The smallest absolute Gasteiger partial charge is 0.330 e. The molecule has 2 aliphatic rings. The maximum atomic E-state index is 13.0. The molecule has 3 nitrogen and oxygen atoms in total. The Morgan fingerprint density at radius 2 is 1.77 bits per heavy atom. The lowest BCUT2D eigenvalue weighted by molar-refractivity contribution is -0.137. The van der Waals surface area contributed by atoms with Gasteiger partial charge in [-0.3, -0.25) is 4.98 Å². The average Bonchev–Trinajstić information content (AvgIpc) is 2.79. The number of nitrogens with zero attached hydrogens (tertiary/aromatic N) is 2. The molecule has 1 aromatic carbocycles. The summed E-state index contributed by atoms with van der Waals surface area (Å²) in [5.74, 6) is 0.0942. The highest BCUT2D eigenvalue weighted by Gasteiger charge is 2.38. The van der Waals surface area contributed by atoms with Crippen LogP contribution in [0.15, 0.2) is 42.6 Å². The number of aromatic nitrogens is 1. The van der Waals surface area contributed by atoms with Crippen LogP contribution < -0.4 is 5.73 Å². The molecule has 0 unspecified atom stereocenters. The van der Waals surface area contributed by atoms with E-state index in [0.29, 0.717) is 18.3 Å². The van der Waals surface area contributed by atoms with E-state index in [0.717, 1.165) is 62.7 Å². The molecule has 7 heteroatoms. The van der Waals surface area contributed by atoms with E-state index in [1.807, 2.05) is 18.2 Å². The number of rotatable bonds is 4. The molecule has 1 aliphatic heterocycles. The van der Waals surface area contributed by atoms with E-state index in [2.05, 4.69) is 16.0 Å². The molecule has 1 aliphatic carbocycles.